The van der Waals surface area contributed by atoms with Crippen LogP contribution in [0.2, 0.25) is 0 Å². The molecule has 4 rings (SSSR count). The summed E-state index contributed by atoms with van der Waals surface area (Å²) in [4.78, 5) is 4.49. The summed E-state index contributed by atoms with van der Waals surface area (Å²) in [5.74, 6) is 2.05. The minimum Gasteiger partial charge on any atom is -0.245 e. The number of nitrogens with one attached hydrogen (secondary N) is 1. The lowest BCUT2D eigenvalue weighted by Crippen LogP contribution is -2.06. The maximum Gasteiger partial charge on any atom is 0.205 e. The minimum atomic E-state index is 0.574. The molecule has 0 radical (unpaired) electrons. The third-order valence-electron chi connectivity index (χ3n) is 4.52. The first-order chi connectivity index (χ1) is 14.3. The first-order valence-corrected chi connectivity index (χ1v) is 9.68. The highest BCUT2D eigenvalue weighted by atomic mass is 32.1. The van der Waals surface area contributed by atoms with Gasteiger partial charge in [0.1, 0.15) is 5.82 Å². The Morgan fingerprint density at radius 1 is 1.07 bits per heavy atom. The van der Waals surface area contributed by atoms with Gasteiger partial charge in [-0.05, 0) is 28.8 Å². The Morgan fingerprint density at radius 3 is 2.55 bits per heavy atom. The Morgan fingerprint density at radius 2 is 1.86 bits per heavy atom. The van der Waals surface area contributed by atoms with Gasteiger partial charge in [0.2, 0.25) is 5.82 Å². The minimum absolute atomic E-state index is 0.574. The molecule has 0 unspecified atom stereocenters. The summed E-state index contributed by atoms with van der Waals surface area (Å²) in [5.41, 5.74) is 4.21. The molecule has 0 saturated carbocycles. The summed E-state index contributed by atoms with van der Waals surface area (Å²) in [5, 5.41) is 20.4. The topological polar surface area (TPSA) is 85.2 Å². The van der Waals surface area contributed by atoms with Crippen LogP contribution in [0, 0.1) is 0 Å². The van der Waals surface area contributed by atoms with Crippen molar-refractivity contribution in [3.05, 3.63) is 77.9 Å². The number of thiocarbonyl (C=S) groups is 1. The van der Waals surface area contributed by atoms with E-state index >= 15 is 0 Å². The van der Waals surface area contributed by atoms with Gasteiger partial charge in [0.25, 0.3) is 0 Å². The maximum atomic E-state index is 4.99. The Bertz CT molecular complexity index is 1130. The molecular weight excluding hydrogens is 382 g/mol. The number of aromatic nitrogens is 7. The quantitative estimate of drug-likeness (QED) is 0.376. The van der Waals surface area contributed by atoms with Gasteiger partial charge < -0.3 is 0 Å². The molecule has 0 bridgehead atoms. The summed E-state index contributed by atoms with van der Waals surface area (Å²) >= 11 is 4.99. The van der Waals surface area contributed by atoms with E-state index in [0.717, 1.165) is 34.5 Å². The van der Waals surface area contributed by atoms with Crippen molar-refractivity contribution in [2.45, 2.75) is 19.9 Å². The number of allylic oxidation sites excluding steroid dienone is 2. The molecular formula is C21H19N7S. The van der Waals surface area contributed by atoms with Crippen molar-refractivity contribution in [2.75, 3.05) is 0 Å². The normalized spacial score (nSPS) is 11.2. The van der Waals surface area contributed by atoms with Gasteiger partial charge in [-0.3, -0.25) is 0 Å². The van der Waals surface area contributed by atoms with Crippen molar-refractivity contribution >= 4 is 17.6 Å². The van der Waals surface area contributed by atoms with Gasteiger partial charge in [0.15, 0.2) is 5.82 Å². The standard InChI is InChI=1S/C21H19N7S/c1-2-3-8-20-22-19(14-29)25-28(20)13-15-9-11-16(12-10-15)17-6-4-5-7-18(17)21-23-26-27-24-21/h2-7,9-12,14H,8,13H2,1H3,(H,23,24,26,27). The molecule has 29 heavy (non-hydrogen) atoms. The van der Waals surface area contributed by atoms with E-state index in [2.05, 4.69) is 67.1 Å². The molecule has 4 aromatic rings. The average molecular weight is 401 g/mol. The molecule has 0 atom stereocenters. The van der Waals surface area contributed by atoms with Crippen molar-refractivity contribution in [3.63, 3.8) is 0 Å². The second kappa shape index (κ2) is 8.66. The molecule has 7 nitrogen and oxygen atoms in total. The van der Waals surface area contributed by atoms with Crippen LogP contribution in [0.3, 0.4) is 0 Å². The fourth-order valence-electron chi connectivity index (χ4n) is 3.11. The van der Waals surface area contributed by atoms with E-state index in [1.165, 1.54) is 5.37 Å². The second-order valence-electron chi connectivity index (χ2n) is 6.41. The lowest BCUT2D eigenvalue weighted by Gasteiger charge is -2.09. The van der Waals surface area contributed by atoms with Gasteiger partial charge in [-0.15, -0.1) is 10.2 Å². The molecule has 8 heteroatoms. The fraction of sp³-hybridized carbons (Fsp3) is 0.143. The lowest BCUT2D eigenvalue weighted by molar-refractivity contribution is 0.650. The van der Waals surface area contributed by atoms with Crippen LogP contribution in [0.1, 0.15) is 24.1 Å². The molecule has 0 aliphatic carbocycles. The van der Waals surface area contributed by atoms with Crippen LogP contribution < -0.4 is 0 Å². The number of rotatable bonds is 7. The number of tetrazole rings is 1. The van der Waals surface area contributed by atoms with Crippen LogP contribution >= 0.6 is 12.2 Å². The molecule has 2 heterocycles. The highest BCUT2D eigenvalue weighted by Gasteiger charge is 2.11. The fourth-order valence-corrected chi connectivity index (χ4v) is 3.21. The van der Waals surface area contributed by atoms with E-state index in [1.54, 1.807) is 0 Å². The zero-order chi connectivity index (χ0) is 20.1. The molecule has 1 N–H and O–H groups in total. The van der Waals surface area contributed by atoms with Crippen molar-refractivity contribution in [1.29, 1.82) is 0 Å². The van der Waals surface area contributed by atoms with Crippen molar-refractivity contribution in [3.8, 4) is 22.5 Å². The summed E-state index contributed by atoms with van der Waals surface area (Å²) in [7, 11) is 0. The van der Waals surface area contributed by atoms with Gasteiger partial charge in [-0.1, -0.05) is 72.9 Å². The Kier molecular flexibility index (Phi) is 5.62. The van der Waals surface area contributed by atoms with Crippen LogP contribution in [0.15, 0.2) is 60.7 Å². The number of nitrogens with zero attached hydrogens (tertiary/aromatic N) is 6. The molecule has 0 saturated heterocycles. The summed E-state index contributed by atoms with van der Waals surface area (Å²) in [6, 6.07) is 16.4. The van der Waals surface area contributed by atoms with Gasteiger partial charge in [0, 0.05) is 17.4 Å². The van der Waals surface area contributed by atoms with E-state index in [0.29, 0.717) is 18.2 Å². The smallest absolute Gasteiger partial charge is 0.205 e. The number of benzene rings is 2. The van der Waals surface area contributed by atoms with E-state index in [1.807, 2.05) is 35.9 Å². The maximum absolute atomic E-state index is 4.99. The molecule has 0 aliphatic rings. The predicted molar refractivity (Wildman–Crippen MR) is 115 cm³/mol. The van der Waals surface area contributed by atoms with Gasteiger partial charge >= 0.3 is 0 Å². The number of hydrogen-bond donors (Lipinski definition) is 1. The molecule has 2 aromatic heterocycles. The SMILES string of the molecule is CC=CCc1nc(C=S)nn1Cc1ccc(-c2ccccc2-c2nn[nH]n2)cc1. The van der Waals surface area contributed by atoms with Crippen molar-refractivity contribution < 1.29 is 0 Å². The van der Waals surface area contributed by atoms with Crippen LogP contribution in [0.4, 0.5) is 0 Å². The highest BCUT2D eigenvalue weighted by molar-refractivity contribution is 7.79. The molecule has 144 valence electrons. The van der Waals surface area contributed by atoms with Crippen molar-refractivity contribution in [1.82, 2.24) is 35.4 Å². The molecule has 2 aromatic carbocycles. The van der Waals surface area contributed by atoms with E-state index < -0.39 is 0 Å². The van der Waals surface area contributed by atoms with Crippen LogP contribution in [0.5, 0.6) is 0 Å². The molecule has 0 aliphatic heterocycles. The number of H-pyrrole nitrogens is 1. The largest absolute Gasteiger partial charge is 0.245 e. The lowest BCUT2D eigenvalue weighted by atomic mass is 9.98. The van der Waals surface area contributed by atoms with Crippen molar-refractivity contribution in [2.24, 2.45) is 0 Å². The Balaban J connectivity index is 1.60. The second-order valence-corrected chi connectivity index (χ2v) is 6.65. The Hall–Kier alpha value is -3.52. The van der Waals surface area contributed by atoms with Crippen LogP contribution in [-0.4, -0.2) is 40.8 Å². The first kappa shape index (κ1) is 18.8. The number of hydrogen-bond acceptors (Lipinski definition) is 6. The predicted octanol–water partition coefficient (Wildman–Crippen LogP) is 3.64. The third kappa shape index (κ3) is 4.17. The third-order valence-corrected chi connectivity index (χ3v) is 4.73. The monoisotopic (exact) mass is 401 g/mol. The Labute approximate surface area is 173 Å². The summed E-state index contributed by atoms with van der Waals surface area (Å²) in [6.45, 7) is 2.63. The number of aromatic amines is 1. The average Bonchev–Trinajstić information content (AvgIpc) is 3.43. The molecule has 0 amide bonds. The zero-order valence-corrected chi connectivity index (χ0v) is 16.7. The van der Waals surface area contributed by atoms with Gasteiger partial charge in [-0.25, -0.2) is 9.67 Å². The molecule has 0 spiro atoms. The van der Waals surface area contributed by atoms with E-state index in [4.69, 9.17) is 12.2 Å². The van der Waals surface area contributed by atoms with E-state index in [9.17, 15) is 0 Å². The zero-order valence-electron chi connectivity index (χ0n) is 15.9. The van der Waals surface area contributed by atoms with Gasteiger partial charge in [0.05, 0.1) is 6.54 Å². The van der Waals surface area contributed by atoms with E-state index in [-0.39, 0.29) is 0 Å². The van der Waals surface area contributed by atoms with Crippen LogP contribution in [0.25, 0.3) is 22.5 Å². The van der Waals surface area contributed by atoms with Crippen LogP contribution in [-0.2, 0) is 13.0 Å². The molecule has 0 fully saturated rings. The summed E-state index contributed by atoms with van der Waals surface area (Å²) < 4.78 is 1.90. The van der Waals surface area contributed by atoms with Gasteiger partial charge in [-0.2, -0.15) is 10.3 Å². The summed E-state index contributed by atoms with van der Waals surface area (Å²) in [6.07, 6.45) is 4.79. The highest BCUT2D eigenvalue weighted by Crippen LogP contribution is 2.29. The first-order valence-electron chi connectivity index (χ1n) is 9.20.